The molecule has 4 heteroatoms. The summed E-state index contributed by atoms with van der Waals surface area (Å²) >= 11 is 0. The number of ether oxygens (including phenoxy) is 1. The van der Waals surface area contributed by atoms with E-state index in [0.717, 1.165) is 31.7 Å². The Morgan fingerprint density at radius 2 is 1.53 bits per heavy atom. The summed E-state index contributed by atoms with van der Waals surface area (Å²) < 4.78 is 11.5. The summed E-state index contributed by atoms with van der Waals surface area (Å²) in [5.41, 5.74) is 14.3. The number of fused-ring (bicyclic) bond motifs is 2. The van der Waals surface area contributed by atoms with Gasteiger partial charge in [0.2, 0.25) is 5.69 Å². The molecule has 1 aromatic heterocycles. The van der Waals surface area contributed by atoms with Crippen LogP contribution in [0.2, 0.25) is 0 Å². The summed E-state index contributed by atoms with van der Waals surface area (Å²) in [5, 5.41) is 0. The van der Waals surface area contributed by atoms with Crippen molar-refractivity contribution >= 4 is 17.1 Å². The quantitative estimate of drug-likeness (QED) is 0.232. The normalized spacial score (nSPS) is 20.6. The third-order valence-corrected chi connectivity index (χ3v) is 10.6. The molecule has 0 N–H and O–H groups in total. The predicted octanol–water partition coefficient (Wildman–Crippen LogP) is 9.53. The molecular weight excluding hydrogens is 574 g/mol. The van der Waals surface area contributed by atoms with Crippen LogP contribution in [-0.4, -0.2) is 23.4 Å². The molecule has 0 bridgehead atoms. The highest BCUT2D eigenvalue weighted by molar-refractivity contribution is 6.03. The highest BCUT2D eigenvalue weighted by Crippen LogP contribution is 2.48. The fraction of sp³-hybridized carbons (Fsp3) is 0.395. The van der Waals surface area contributed by atoms with E-state index in [1.54, 1.807) is 0 Å². The van der Waals surface area contributed by atoms with Crippen molar-refractivity contribution in [2.24, 2.45) is 7.05 Å². The van der Waals surface area contributed by atoms with Gasteiger partial charge in [0.05, 0.1) is 5.41 Å². The van der Waals surface area contributed by atoms with Gasteiger partial charge in [-0.2, -0.15) is 4.58 Å². The van der Waals surface area contributed by atoms with Crippen LogP contribution < -0.4 is 9.47 Å². The fourth-order valence-electron chi connectivity index (χ4n) is 7.82. The highest BCUT2D eigenvalue weighted by atomic mass is 16.5. The van der Waals surface area contributed by atoms with Gasteiger partial charge in [0.15, 0.2) is 18.1 Å². The molecule has 244 valence electrons. The van der Waals surface area contributed by atoms with Gasteiger partial charge in [0, 0.05) is 58.7 Å². The van der Waals surface area contributed by atoms with Crippen LogP contribution in [0.3, 0.4) is 0 Å². The molecule has 47 heavy (non-hydrogen) atoms. The van der Waals surface area contributed by atoms with Gasteiger partial charge in [0.25, 0.3) is 0 Å². The lowest BCUT2D eigenvalue weighted by molar-refractivity contribution is -0.671. The van der Waals surface area contributed by atoms with E-state index >= 15 is 0 Å². The second kappa shape index (κ2) is 12.4. The van der Waals surface area contributed by atoms with Gasteiger partial charge in [-0.25, -0.2) is 4.57 Å². The first-order valence-corrected chi connectivity index (χ1v) is 17.5. The van der Waals surface area contributed by atoms with Crippen LogP contribution in [0.15, 0.2) is 108 Å². The van der Waals surface area contributed by atoms with Crippen LogP contribution in [0.25, 0.3) is 0 Å². The number of aromatic nitrogens is 1. The third-order valence-electron chi connectivity index (χ3n) is 10.6. The first kappa shape index (κ1) is 32.7. The van der Waals surface area contributed by atoms with Crippen molar-refractivity contribution in [1.82, 2.24) is 0 Å². The predicted molar refractivity (Wildman–Crippen MR) is 196 cm³/mol. The Labute approximate surface area is 283 Å². The number of pyridine rings is 1. The molecule has 0 fully saturated rings. The average Bonchev–Trinajstić information content (AvgIpc) is 3.59. The number of rotatable bonds is 8. The Morgan fingerprint density at radius 1 is 0.851 bits per heavy atom. The molecule has 6 rings (SSSR count). The maximum atomic E-state index is 6.94. The zero-order valence-corrected chi connectivity index (χ0v) is 30.2. The number of nitrogens with zero attached hydrogens (tertiary/aromatic N) is 3. The van der Waals surface area contributed by atoms with Gasteiger partial charge in [-0.3, -0.25) is 0 Å². The van der Waals surface area contributed by atoms with Crippen LogP contribution in [0, 0.1) is 13.8 Å². The second-order valence-electron chi connectivity index (χ2n) is 14.7. The van der Waals surface area contributed by atoms with Gasteiger partial charge in [-0.05, 0) is 102 Å². The van der Waals surface area contributed by atoms with Crippen LogP contribution in [0.1, 0.15) is 95.2 Å². The minimum Gasteiger partial charge on any atom is -0.485 e. The van der Waals surface area contributed by atoms with E-state index in [1.165, 1.54) is 61.7 Å². The summed E-state index contributed by atoms with van der Waals surface area (Å²) in [6, 6.07) is 18.1. The molecular formula is C43H53N3O+2. The monoisotopic (exact) mass is 627 g/mol. The van der Waals surface area contributed by atoms with Crippen molar-refractivity contribution < 1.29 is 13.9 Å². The van der Waals surface area contributed by atoms with Crippen molar-refractivity contribution in [1.29, 1.82) is 0 Å². The Kier molecular flexibility index (Phi) is 8.67. The zero-order chi connectivity index (χ0) is 33.7. The summed E-state index contributed by atoms with van der Waals surface area (Å²) in [5.74, 6) is 1.03. The summed E-state index contributed by atoms with van der Waals surface area (Å²) in [7, 11) is 2.05. The summed E-state index contributed by atoms with van der Waals surface area (Å²) in [6.45, 7) is 22.4. The molecule has 0 saturated carbocycles. The number of hydrogen-bond donors (Lipinski definition) is 0. The molecule has 2 aromatic carbocycles. The van der Waals surface area contributed by atoms with Gasteiger partial charge in [0.1, 0.15) is 25.5 Å². The lowest BCUT2D eigenvalue weighted by atomic mass is 9.80. The minimum absolute atomic E-state index is 0.0685. The number of benzene rings is 2. The Balaban J connectivity index is 1.41. The maximum absolute atomic E-state index is 6.94. The molecule has 2 aliphatic heterocycles. The molecule has 3 heterocycles. The van der Waals surface area contributed by atoms with Crippen molar-refractivity contribution in [3.05, 3.63) is 136 Å². The number of anilines is 1. The molecule has 3 aromatic rings. The SMILES string of the molecule is CCN1/C(=C/C=C2\CCC(/C=C/C3=[N+](CC)c4ccc(C)cc4C3(C)C)=C2OC(C)c2cc[n+](C)cc2)C(C)(C)c2cc(C)ccc21. The molecule has 4 nitrogen and oxygen atoms in total. The minimum atomic E-state index is -0.0744. The van der Waals surface area contributed by atoms with E-state index in [-0.39, 0.29) is 16.9 Å². The Morgan fingerprint density at radius 3 is 2.21 bits per heavy atom. The van der Waals surface area contributed by atoms with Gasteiger partial charge >= 0.3 is 0 Å². The lowest BCUT2D eigenvalue weighted by Crippen LogP contribution is -2.27. The fourth-order valence-corrected chi connectivity index (χ4v) is 7.82. The third kappa shape index (κ3) is 5.81. The number of aryl methyl sites for hydroxylation is 3. The average molecular weight is 628 g/mol. The number of likely N-dealkylation sites (N-methyl/N-ethyl adjacent to an activating group) is 1. The second-order valence-corrected chi connectivity index (χ2v) is 14.7. The molecule has 1 aliphatic carbocycles. The zero-order valence-electron chi connectivity index (χ0n) is 30.2. The molecule has 0 radical (unpaired) electrons. The molecule has 3 aliphatic rings. The van der Waals surface area contributed by atoms with E-state index in [9.17, 15) is 0 Å². The van der Waals surface area contributed by atoms with Crippen LogP contribution in [0.4, 0.5) is 11.4 Å². The van der Waals surface area contributed by atoms with Gasteiger partial charge in [-0.15, -0.1) is 0 Å². The summed E-state index contributed by atoms with van der Waals surface area (Å²) in [4.78, 5) is 2.48. The first-order chi connectivity index (χ1) is 22.4. The van der Waals surface area contributed by atoms with E-state index < -0.39 is 0 Å². The van der Waals surface area contributed by atoms with Crippen molar-refractivity contribution in [3.8, 4) is 0 Å². The van der Waals surface area contributed by atoms with E-state index in [2.05, 4.69) is 169 Å². The van der Waals surface area contributed by atoms with Gasteiger partial charge in [-0.1, -0.05) is 49.2 Å². The Bertz CT molecular complexity index is 1860. The smallest absolute Gasteiger partial charge is 0.209 e. The standard InChI is InChI=1S/C43H53N3O/c1-11-45-37-19-13-29(3)27-35(37)42(6,7)39(45)21-17-33-15-16-34(41(33)47-31(5)32-23-25-44(10)26-24-32)18-22-40-43(8,9)36-28-30(4)14-20-38(36)46(40)12-2/h13-14,17-28,31H,11-12,15-16H2,1-10H3/q+2. The number of allylic oxidation sites excluding steroid dienone is 7. The largest absolute Gasteiger partial charge is 0.485 e. The Hall–Kier alpha value is -4.18. The number of hydrogen-bond acceptors (Lipinski definition) is 2. The maximum Gasteiger partial charge on any atom is 0.209 e. The van der Waals surface area contributed by atoms with Crippen molar-refractivity contribution in [2.75, 3.05) is 18.0 Å². The molecule has 0 saturated heterocycles. The van der Waals surface area contributed by atoms with Crippen molar-refractivity contribution in [3.63, 3.8) is 0 Å². The molecule has 1 atom stereocenters. The topological polar surface area (TPSA) is 19.4 Å². The molecule has 1 unspecified atom stereocenters. The van der Waals surface area contributed by atoms with E-state index in [4.69, 9.17) is 4.74 Å². The van der Waals surface area contributed by atoms with E-state index in [1.807, 2.05) is 0 Å². The van der Waals surface area contributed by atoms with Crippen LogP contribution in [0.5, 0.6) is 0 Å². The molecule has 0 amide bonds. The lowest BCUT2D eigenvalue weighted by Gasteiger charge is -2.26. The highest BCUT2D eigenvalue weighted by Gasteiger charge is 2.44. The van der Waals surface area contributed by atoms with Gasteiger partial charge < -0.3 is 9.64 Å². The van der Waals surface area contributed by atoms with Crippen LogP contribution in [-0.2, 0) is 22.6 Å². The van der Waals surface area contributed by atoms with Crippen LogP contribution >= 0.6 is 0 Å². The van der Waals surface area contributed by atoms with E-state index in [0.29, 0.717) is 0 Å². The first-order valence-electron chi connectivity index (χ1n) is 17.5. The summed E-state index contributed by atoms with van der Waals surface area (Å²) in [6.07, 6.45) is 15.5. The van der Waals surface area contributed by atoms with Crippen molar-refractivity contribution in [2.45, 2.75) is 92.1 Å². The molecule has 0 spiro atoms.